The minimum atomic E-state index is 0.0904. The molecule has 0 heterocycles. The smallest absolute Gasteiger partial charge is 0.161 e. The molecule has 0 unspecified atom stereocenters. The van der Waals surface area contributed by atoms with Crippen LogP contribution < -0.4 is 4.74 Å². The molecule has 0 saturated heterocycles. The van der Waals surface area contributed by atoms with Crippen LogP contribution in [0.15, 0.2) is 41.4 Å². The largest absolute Gasteiger partial charge is 0.508 e. The zero-order valence-electron chi connectivity index (χ0n) is 10.8. The molecule has 0 aliphatic heterocycles. The fourth-order valence-electron chi connectivity index (χ4n) is 1.60. The van der Waals surface area contributed by atoms with E-state index in [9.17, 15) is 10.2 Å². The topological polar surface area (TPSA) is 62.0 Å². The van der Waals surface area contributed by atoms with Crippen molar-refractivity contribution in [2.45, 2.75) is 6.92 Å². The van der Waals surface area contributed by atoms with Crippen molar-refractivity contribution in [3.8, 4) is 17.2 Å². The molecule has 4 nitrogen and oxygen atoms in total. The highest BCUT2D eigenvalue weighted by Gasteiger charge is 2.01. The first kappa shape index (κ1) is 13.0. The molecule has 0 aromatic heterocycles. The quantitative estimate of drug-likeness (QED) is 0.830. The van der Waals surface area contributed by atoms with Gasteiger partial charge in [-0.05, 0) is 42.3 Å². The van der Waals surface area contributed by atoms with Crippen molar-refractivity contribution in [2.24, 2.45) is 4.99 Å². The summed E-state index contributed by atoms with van der Waals surface area (Å²) in [5.74, 6) is 0.710. The second kappa shape index (κ2) is 5.44. The van der Waals surface area contributed by atoms with E-state index in [0.717, 1.165) is 11.1 Å². The molecule has 0 radical (unpaired) electrons. The van der Waals surface area contributed by atoms with Gasteiger partial charge in [0.2, 0.25) is 0 Å². The van der Waals surface area contributed by atoms with E-state index >= 15 is 0 Å². The lowest BCUT2D eigenvalue weighted by Gasteiger charge is -2.03. The number of aryl methyl sites for hydroxylation is 1. The van der Waals surface area contributed by atoms with Crippen LogP contribution in [0.3, 0.4) is 0 Å². The lowest BCUT2D eigenvalue weighted by atomic mass is 10.2. The Kier molecular flexibility index (Phi) is 3.71. The van der Waals surface area contributed by atoms with Gasteiger partial charge in [-0.1, -0.05) is 6.07 Å². The van der Waals surface area contributed by atoms with Crippen molar-refractivity contribution in [3.05, 3.63) is 47.5 Å². The maximum Gasteiger partial charge on any atom is 0.161 e. The van der Waals surface area contributed by atoms with E-state index in [4.69, 9.17) is 4.74 Å². The summed E-state index contributed by atoms with van der Waals surface area (Å²) in [5.41, 5.74) is 2.27. The van der Waals surface area contributed by atoms with Gasteiger partial charge in [0, 0.05) is 12.3 Å². The summed E-state index contributed by atoms with van der Waals surface area (Å²) in [7, 11) is 1.49. The number of aromatic hydroxyl groups is 2. The molecule has 2 rings (SSSR count). The van der Waals surface area contributed by atoms with Crippen LogP contribution in [-0.4, -0.2) is 23.5 Å². The number of methoxy groups -OCH3 is 1. The van der Waals surface area contributed by atoms with Crippen LogP contribution >= 0.6 is 0 Å². The van der Waals surface area contributed by atoms with E-state index in [2.05, 4.69) is 4.99 Å². The molecule has 0 aliphatic rings. The first-order chi connectivity index (χ1) is 9.10. The van der Waals surface area contributed by atoms with Crippen LogP contribution in [0, 0.1) is 6.92 Å². The number of hydrogen-bond donors (Lipinski definition) is 2. The van der Waals surface area contributed by atoms with Gasteiger partial charge in [-0.2, -0.15) is 0 Å². The van der Waals surface area contributed by atoms with Gasteiger partial charge in [-0.25, -0.2) is 0 Å². The molecule has 2 N–H and O–H groups in total. The Balaban J connectivity index is 2.24. The van der Waals surface area contributed by atoms with Crippen molar-refractivity contribution in [2.75, 3.05) is 7.11 Å². The van der Waals surface area contributed by atoms with E-state index in [1.165, 1.54) is 7.11 Å². The molecule has 98 valence electrons. The maximum absolute atomic E-state index is 9.59. The summed E-state index contributed by atoms with van der Waals surface area (Å²) < 4.78 is 5.02. The van der Waals surface area contributed by atoms with Crippen LogP contribution in [0.2, 0.25) is 0 Å². The van der Waals surface area contributed by atoms with Crippen LogP contribution in [0.1, 0.15) is 11.1 Å². The average molecular weight is 257 g/mol. The van der Waals surface area contributed by atoms with Gasteiger partial charge in [0.05, 0.1) is 12.8 Å². The average Bonchev–Trinajstić information content (AvgIpc) is 2.41. The Morgan fingerprint density at radius 3 is 2.53 bits per heavy atom. The van der Waals surface area contributed by atoms with Crippen molar-refractivity contribution >= 4 is 11.9 Å². The Labute approximate surface area is 111 Å². The zero-order valence-corrected chi connectivity index (χ0v) is 10.8. The monoisotopic (exact) mass is 257 g/mol. The van der Waals surface area contributed by atoms with Gasteiger partial charge >= 0.3 is 0 Å². The molecule has 0 spiro atoms. The van der Waals surface area contributed by atoms with Gasteiger partial charge in [-0.15, -0.1) is 0 Å². The molecule has 0 saturated carbocycles. The van der Waals surface area contributed by atoms with Gasteiger partial charge in [-0.3, -0.25) is 4.99 Å². The summed E-state index contributed by atoms with van der Waals surface area (Å²) >= 11 is 0. The Morgan fingerprint density at radius 1 is 1.05 bits per heavy atom. The van der Waals surface area contributed by atoms with Gasteiger partial charge < -0.3 is 14.9 Å². The zero-order chi connectivity index (χ0) is 13.8. The Hall–Kier alpha value is -2.49. The number of nitrogens with zero attached hydrogens (tertiary/aromatic N) is 1. The fraction of sp³-hybridized carbons (Fsp3) is 0.133. The third kappa shape index (κ3) is 3.04. The van der Waals surface area contributed by atoms with Crippen molar-refractivity contribution < 1.29 is 14.9 Å². The highest BCUT2D eigenvalue weighted by molar-refractivity contribution is 5.83. The normalized spacial score (nSPS) is 10.8. The summed E-state index contributed by atoms with van der Waals surface area (Å²) in [6.07, 6.45) is 1.64. The van der Waals surface area contributed by atoms with Gasteiger partial charge in [0.25, 0.3) is 0 Å². The molecule has 0 atom stereocenters. The second-order valence-corrected chi connectivity index (χ2v) is 4.16. The standard InChI is InChI=1S/C15H15NO3/c1-10-3-5-12(8-14(10)18)16-9-11-4-6-13(17)15(7-11)19-2/h3-9,17-18H,1-2H3/b16-9+. The number of hydrogen-bond acceptors (Lipinski definition) is 4. The number of aliphatic imine (C=N–C) groups is 1. The number of phenols is 2. The Bertz CT molecular complexity index is 621. The molecular formula is C15H15NO3. The first-order valence-corrected chi connectivity index (χ1v) is 5.81. The molecule has 0 bridgehead atoms. The van der Waals surface area contributed by atoms with Crippen LogP contribution in [-0.2, 0) is 0 Å². The lowest BCUT2D eigenvalue weighted by molar-refractivity contribution is 0.373. The summed E-state index contributed by atoms with van der Waals surface area (Å²) in [6, 6.07) is 10.2. The SMILES string of the molecule is COc1cc(/C=N/c2ccc(C)c(O)c2)ccc1O. The predicted octanol–water partition coefficient (Wildman–Crippen LogP) is 3.17. The third-order valence-corrected chi connectivity index (χ3v) is 2.76. The van der Waals surface area contributed by atoms with Gasteiger partial charge in [0.1, 0.15) is 5.75 Å². The maximum atomic E-state index is 9.59. The van der Waals surface area contributed by atoms with Crippen LogP contribution in [0.5, 0.6) is 17.2 Å². The number of ether oxygens (including phenoxy) is 1. The van der Waals surface area contributed by atoms with Crippen molar-refractivity contribution in [3.63, 3.8) is 0 Å². The first-order valence-electron chi connectivity index (χ1n) is 5.81. The molecule has 2 aromatic rings. The molecule has 19 heavy (non-hydrogen) atoms. The van der Waals surface area contributed by atoms with E-state index in [0.29, 0.717) is 11.4 Å². The Morgan fingerprint density at radius 2 is 1.84 bits per heavy atom. The van der Waals surface area contributed by atoms with Crippen LogP contribution in [0.25, 0.3) is 0 Å². The molecule has 2 aromatic carbocycles. The van der Waals surface area contributed by atoms with E-state index in [-0.39, 0.29) is 11.5 Å². The second-order valence-electron chi connectivity index (χ2n) is 4.16. The molecule has 0 fully saturated rings. The van der Waals surface area contributed by atoms with Crippen molar-refractivity contribution in [1.82, 2.24) is 0 Å². The van der Waals surface area contributed by atoms with E-state index in [1.807, 2.05) is 13.0 Å². The highest BCUT2D eigenvalue weighted by atomic mass is 16.5. The van der Waals surface area contributed by atoms with Gasteiger partial charge in [0.15, 0.2) is 11.5 Å². The summed E-state index contributed by atoms with van der Waals surface area (Å²) in [6.45, 7) is 1.83. The summed E-state index contributed by atoms with van der Waals surface area (Å²) in [4.78, 5) is 4.26. The molecule has 0 amide bonds. The van der Waals surface area contributed by atoms with Crippen molar-refractivity contribution in [1.29, 1.82) is 0 Å². The number of phenolic OH excluding ortho intramolecular Hbond substituents is 2. The predicted molar refractivity (Wildman–Crippen MR) is 74.8 cm³/mol. The highest BCUT2D eigenvalue weighted by Crippen LogP contribution is 2.26. The number of rotatable bonds is 3. The minimum Gasteiger partial charge on any atom is -0.508 e. The van der Waals surface area contributed by atoms with E-state index < -0.39 is 0 Å². The third-order valence-electron chi connectivity index (χ3n) is 2.76. The molecule has 4 heteroatoms. The van der Waals surface area contributed by atoms with Crippen LogP contribution in [0.4, 0.5) is 5.69 Å². The number of benzene rings is 2. The lowest BCUT2D eigenvalue weighted by Crippen LogP contribution is -1.86. The van der Waals surface area contributed by atoms with E-state index in [1.54, 1.807) is 36.5 Å². The molecular weight excluding hydrogens is 242 g/mol. The summed E-state index contributed by atoms with van der Waals surface area (Å²) in [5, 5.41) is 19.1. The fourth-order valence-corrected chi connectivity index (χ4v) is 1.60. The molecule has 0 aliphatic carbocycles. The minimum absolute atomic E-state index is 0.0904.